The first-order valence-electron chi connectivity index (χ1n) is 10.3. The summed E-state index contributed by atoms with van der Waals surface area (Å²) in [5.41, 5.74) is 1.67. The summed E-state index contributed by atoms with van der Waals surface area (Å²) < 4.78 is 5.65. The maximum Gasteiger partial charge on any atom is 0.322 e. The van der Waals surface area contributed by atoms with Gasteiger partial charge in [-0.3, -0.25) is 5.32 Å². The average molecular weight is 432 g/mol. The molecular weight excluding hydrogens is 402 g/mol. The second kappa shape index (κ2) is 10.3. The molecule has 3 N–H and O–H groups in total. The molecule has 162 valence electrons. The van der Waals surface area contributed by atoms with Crippen LogP contribution in [0.4, 0.5) is 20.4 Å². The molecule has 0 saturated carbocycles. The van der Waals surface area contributed by atoms with Crippen LogP contribution in [0.3, 0.4) is 0 Å². The van der Waals surface area contributed by atoms with Crippen molar-refractivity contribution in [2.24, 2.45) is 0 Å². The zero-order valence-corrected chi connectivity index (χ0v) is 18.5. The van der Waals surface area contributed by atoms with Gasteiger partial charge in [0.15, 0.2) is 5.13 Å². The van der Waals surface area contributed by atoms with E-state index in [2.05, 4.69) is 27.9 Å². The van der Waals surface area contributed by atoms with Gasteiger partial charge in [0.05, 0.1) is 18.8 Å². The van der Waals surface area contributed by atoms with E-state index in [9.17, 15) is 9.59 Å². The van der Waals surface area contributed by atoms with Crippen molar-refractivity contribution in [1.82, 2.24) is 15.2 Å². The fourth-order valence-electron chi connectivity index (χ4n) is 2.99. The number of carbonyl (C=O) groups is 2. The maximum absolute atomic E-state index is 12.7. The number of carbonyl (C=O) groups excluding carboxylic acids is 2. The summed E-state index contributed by atoms with van der Waals surface area (Å²) in [5.74, 6) is 0.801. The number of hydrogen-bond acceptors (Lipinski definition) is 5. The van der Waals surface area contributed by atoms with Crippen molar-refractivity contribution >= 4 is 34.2 Å². The van der Waals surface area contributed by atoms with E-state index in [4.69, 9.17) is 4.74 Å². The van der Waals surface area contributed by atoms with Gasteiger partial charge in [0.25, 0.3) is 0 Å². The highest BCUT2D eigenvalue weighted by Crippen LogP contribution is 2.28. The predicted molar refractivity (Wildman–Crippen MR) is 119 cm³/mol. The molecule has 3 rings (SSSR count). The molecule has 0 saturated heterocycles. The predicted octanol–water partition coefficient (Wildman–Crippen LogP) is 4.44. The van der Waals surface area contributed by atoms with Crippen LogP contribution >= 0.6 is 11.3 Å². The SMILES string of the molecule is CCCCOc1ccc(NC(=O)N2CCc3nc(NC(=O)NC(C)C)sc3C2)cc1. The molecule has 0 unspecified atom stereocenters. The standard InChI is InChI=1S/C21H29N5O3S/c1-4-5-12-29-16-8-6-15(7-9-16)23-21(28)26-11-10-17-18(13-26)30-20(24-17)25-19(27)22-14(2)3/h6-9,14H,4-5,10-13H2,1-3H3,(H,23,28)(H2,22,24,25,27). The lowest BCUT2D eigenvalue weighted by Crippen LogP contribution is -2.38. The molecule has 0 aliphatic carbocycles. The quantitative estimate of drug-likeness (QED) is 0.565. The highest BCUT2D eigenvalue weighted by molar-refractivity contribution is 7.15. The molecule has 4 amide bonds. The molecule has 1 aliphatic rings. The van der Waals surface area contributed by atoms with Gasteiger partial charge >= 0.3 is 12.1 Å². The van der Waals surface area contributed by atoms with Crippen LogP contribution in [-0.4, -0.2) is 41.1 Å². The van der Waals surface area contributed by atoms with Crippen molar-refractivity contribution in [3.05, 3.63) is 34.8 Å². The van der Waals surface area contributed by atoms with Crippen LogP contribution in [0.15, 0.2) is 24.3 Å². The summed E-state index contributed by atoms with van der Waals surface area (Å²) in [5, 5.41) is 9.03. The number of hydrogen-bond donors (Lipinski definition) is 3. The minimum Gasteiger partial charge on any atom is -0.494 e. The second-order valence-corrected chi connectivity index (χ2v) is 8.55. The molecule has 2 heterocycles. The first-order chi connectivity index (χ1) is 14.4. The highest BCUT2D eigenvalue weighted by atomic mass is 32.1. The Morgan fingerprint density at radius 3 is 2.70 bits per heavy atom. The van der Waals surface area contributed by atoms with Gasteiger partial charge in [0.1, 0.15) is 5.75 Å². The molecule has 0 bridgehead atoms. The first kappa shape index (κ1) is 21.9. The number of urea groups is 2. The van der Waals surface area contributed by atoms with Gasteiger partial charge in [-0.1, -0.05) is 24.7 Å². The van der Waals surface area contributed by atoms with Crippen molar-refractivity contribution in [3.63, 3.8) is 0 Å². The fourth-order valence-corrected chi connectivity index (χ4v) is 4.01. The van der Waals surface area contributed by atoms with Crippen LogP contribution in [0.1, 0.15) is 44.2 Å². The smallest absolute Gasteiger partial charge is 0.322 e. The number of fused-ring (bicyclic) bond motifs is 1. The van der Waals surface area contributed by atoms with Crippen molar-refractivity contribution in [2.45, 2.75) is 52.6 Å². The van der Waals surface area contributed by atoms with E-state index in [1.165, 1.54) is 11.3 Å². The third-order valence-corrected chi connectivity index (χ3v) is 5.53. The lowest BCUT2D eigenvalue weighted by atomic mass is 10.2. The van der Waals surface area contributed by atoms with Crippen LogP contribution in [0.25, 0.3) is 0 Å². The Kier molecular flexibility index (Phi) is 7.51. The molecule has 0 radical (unpaired) electrons. The number of thiazole rings is 1. The van der Waals surface area contributed by atoms with E-state index >= 15 is 0 Å². The first-order valence-corrected chi connectivity index (χ1v) is 11.1. The van der Waals surface area contributed by atoms with Crippen molar-refractivity contribution in [3.8, 4) is 5.75 Å². The zero-order chi connectivity index (χ0) is 21.5. The number of ether oxygens (including phenoxy) is 1. The van der Waals surface area contributed by atoms with Gasteiger partial charge in [0.2, 0.25) is 0 Å². The van der Waals surface area contributed by atoms with Crippen LogP contribution in [0.2, 0.25) is 0 Å². The molecule has 0 atom stereocenters. The van der Waals surface area contributed by atoms with Gasteiger partial charge in [-0.15, -0.1) is 0 Å². The minimum atomic E-state index is -0.271. The molecular formula is C21H29N5O3S. The number of aromatic nitrogens is 1. The molecule has 1 aromatic carbocycles. The Morgan fingerprint density at radius 1 is 1.23 bits per heavy atom. The minimum absolute atomic E-state index is 0.0516. The van der Waals surface area contributed by atoms with E-state index in [0.717, 1.165) is 34.8 Å². The number of unbranched alkanes of at least 4 members (excludes halogenated alkanes) is 1. The van der Waals surface area contributed by atoms with Crippen LogP contribution in [-0.2, 0) is 13.0 Å². The summed E-state index contributed by atoms with van der Waals surface area (Å²) >= 11 is 1.41. The summed E-state index contributed by atoms with van der Waals surface area (Å²) in [7, 11) is 0. The molecule has 2 aromatic rings. The Hall–Kier alpha value is -2.81. The van der Waals surface area contributed by atoms with Gasteiger partial charge in [-0.05, 0) is 44.5 Å². The number of nitrogens with zero attached hydrogens (tertiary/aromatic N) is 2. The molecule has 30 heavy (non-hydrogen) atoms. The van der Waals surface area contributed by atoms with Crippen molar-refractivity contribution in [1.29, 1.82) is 0 Å². The van der Waals surface area contributed by atoms with E-state index in [1.807, 2.05) is 38.1 Å². The second-order valence-electron chi connectivity index (χ2n) is 7.47. The molecule has 0 spiro atoms. The highest BCUT2D eigenvalue weighted by Gasteiger charge is 2.24. The third-order valence-electron chi connectivity index (χ3n) is 4.53. The molecule has 8 nitrogen and oxygen atoms in total. The third kappa shape index (κ3) is 6.09. The van der Waals surface area contributed by atoms with Crippen LogP contribution in [0.5, 0.6) is 5.75 Å². The van der Waals surface area contributed by atoms with Crippen molar-refractivity contribution < 1.29 is 14.3 Å². The van der Waals surface area contributed by atoms with Gasteiger partial charge in [-0.2, -0.15) is 0 Å². The average Bonchev–Trinajstić information content (AvgIpc) is 3.10. The lowest BCUT2D eigenvalue weighted by Gasteiger charge is -2.26. The Balaban J connectivity index is 1.53. The molecule has 1 aromatic heterocycles. The van der Waals surface area contributed by atoms with E-state index in [-0.39, 0.29) is 18.1 Å². The normalized spacial score (nSPS) is 13.0. The number of rotatable bonds is 7. The molecule has 9 heteroatoms. The summed E-state index contributed by atoms with van der Waals surface area (Å²) in [6.45, 7) is 7.68. The monoisotopic (exact) mass is 431 g/mol. The van der Waals surface area contributed by atoms with Gasteiger partial charge < -0.3 is 20.3 Å². The van der Waals surface area contributed by atoms with Gasteiger partial charge in [0, 0.05) is 29.6 Å². The van der Waals surface area contributed by atoms with E-state index < -0.39 is 0 Å². The van der Waals surface area contributed by atoms with E-state index in [1.54, 1.807) is 4.90 Å². The topological polar surface area (TPSA) is 95.6 Å². The molecule has 0 fully saturated rings. The summed E-state index contributed by atoms with van der Waals surface area (Å²) in [6, 6.07) is 7.04. The summed E-state index contributed by atoms with van der Waals surface area (Å²) in [4.78, 5) is 31.8. The summed E-state index contributed by atoms with van der Waals surface area (Å²) in [6.07, 6.45) is 2.78. The van der Waals surface area contributed by atoms with Gasteiger partial charge in [-0.25, -0.2) is 14.6 Å². The zero-order valence-electron chi connectivity index (χ0n) is 17.7. The lowest BCUT2D eigenvalue weighted by molar-refractivity contribution is 0.207. The van der Waals surface area contributed by atoms with E-state index in [0.29, 0.717) is 31.2 Å². The van der Waals surface area contributed by atoms with Crippen LogP contribution in [0, 0.1) is 0 Å². The Morgan fingerprint density at radius 2 is 2.00 bits per heavy atom. The Bertz CT molecular complexity index is 866. The maximum atomic E-state index is 12.7. The number of amides is 4. The van der Waals surface area contributed by atoms with Crippen molar-refractivity contribution in [2.75, 3.05) is 23.8 Å². The number of nitrogens with one attached hydrogen (secondary N) is 3. The Labute approximate surface area is 181 Å². The largest absolute Gasteiger partial charge is 0.494 e. The number of benzene rings is 1. The molecule has 1 aliphatic heterocycles. The fraction of sp³-hybridized carbons (Fsp3) is 0.476. The number of anilines is 2. The van der Waals surface area contributed by atoms with Crippen LogP contribution < -0.4 is 20.7 Å².